The molecule has 1 aliphatic rings. The zero-order chi connectivity index (χ0) is 19.6. The predicted octanol–water partition coefficient (Wildman–Crippen LogP) is 6.41. The summed E-state index contributed by atoms with van der Waals surface area (Å²) in [4.78, 5) is 15.7. The van der Waals surface area contributed by atoms with E-state index in [1.165, 1.54) is 51.7 Å². The summed E-state index contributed by atoms with van der Waals surface area (Å²) < 4.78 is 1.22. The van der Waals surface area contributed by atoms with Gasteiger partial charge in [-0.05, 0) is 55.2 Å². The number of hydrogen-bond acceptors (Lipinski definition) is 5. The molecule has 0 N–H and O–H groups in total. The normalized spacial score (nSPS) is 13.8. The van der Waals surface area contributed by atoms with Crippen LogP contribution in [0.5, 0.6) is 0 Å². The molecule has 0 saturated heterocycles. The van der Waals surface area contributed by atoms with Crippen molar-refractivity contribution in [2.24, 2.45) is 0 Å². The minimum absolute atomic E-state index is 1.02. The Labute approximate surface area is 180 Å². The molecule has 0 radical (unpaired) electrons. The number of hydrogen-bond donors (Lipinski definition) is 0. The SMILES string of the molecule is CCCc1nc2sc3c(SCCc4ccccc4)ncnc3c2c2c1CCCC2. The highest BCUT2D eigenvalue weighted by Gasteiger charge is 2.22. The third-order valence-electron chi connectivity index (χ3n) is 5.73. The molecular weight excluding hydrogens is 394 g/mol. The number of benzene rings is 1. The van der Waals surface area contributed by atoms with Crippen LogP contribution in [0.3, 0.4) is 0 Å². The van der Waals surface area contributed by atoms with E-state index in [9.17, 15) is 0 Å². The van der Waals surface area contributed by atoms with Crippen LogP contribution < -0.4 is 0 Å². The van der Waals surface area contributed by atoms with Gasteiger partial charge in [0, 0.05) is 16.8 Å². The summed E-state index contributed by atoms with van der Waals surface area (Å²) in [5.41, 5.74) is 6.86. The van der Waals surface area contributed by atoms with E-state index < -0.39 is 0 Å². The fourth-order valence-electron chi connectivity index (χ4n) is 4.37. The van der Waals surface area contributed by atoms with Crippen LogP contribution in [0, 0.1) is 0 Å². The molecule has 0 aliphatic heterocycles. The first kappa shape index (κ1) is 19.0. The molecule has 3 heterocycles. The van der Waals surface area contributed by atoms with Gasteiger partial charge in [0.25, 0.3) is 0 Å². The van der Waals surface area contributed by atoms with Crippen molar-refractivity contribution in [2.75, 3.05) is 5.75 Å². The van der Waals surface area contributed by atoms with Crippen LogP contribution in [0.4, 0.5) is 0 Å². The highest BCUT2D eigenvalue weighted by molar-refractivity contribution is 7.99. The van der Waals surface area contributed by atoms with Gasteiger partial charge in [-0.2, -0.15) is 0 Å². The van der Waals surface area contributed by atoms with Crippen molar-refractivity contribution in [3.63, 3.8) is 0 Å². The van der Waals surface area contributed by atoms with Crippen molar-refractivity contribution in [1.29, 1.82) is 0 Å². The Morgan fingerprint density at radius 3 is 2.66 bits per heavy atom. The first-order valence-corrected chi connectivity index (χ1v) is 12.4. The summed E-state index contributed by atoms with van der Waals surface area (Å²) in [6.45, 7) is 2.25. The van der Waals surface area contributed by atoms with Gasteiger partial charge in [-0.1, -0.05) is 43.7 Å². The second-order valence-electron chi connectivity index (χ2n) is 7.70. The molecule has 0 amide bonds. The average Bonchev–Trinajstić information content (AvgIpc) is 3.14. The van der Waals surface area contributed by atoms with E-state index in [-0.39, 0.29) is 0 Å². The molecule has 1 aromatic carbocycles. The topological polar surface area (TPSA) is 38.7 Å². The fraction of sp³-hybridized carbons (Fsp3) is 0.375. The maximum atomic E-state index is 5.13. The standard InChI is InChI=1S/C24H25N3S2/c1-2-8-19-17-11-6-7-12-18(17)20-21-22(29-23(20)27-19)24(26-15-25-21)28-14-13-16-9-4-3-5-10-16/h3-5,9-10,15H,2,6-8,11-14H2,1H3. The molecule has 4 aromatic rings. The molecule has 3 aromatic heterocycles. The van der Waals surface area contributed by atoms with Crippen molar-refractivity contribution in [1.82, 2.24) is 15.0 Å². The predicted molar refractivity (Wildman–Crippen MR) is 124 cm³/mol. The van der Waals surface area contributed by atoms with Crippen molar-refractivity contribution in [3.05, 3.63) is 59.0 Å². The molecule has 1 aliphatic carbocycles. The van der Waals surface area contributed by atoms with Crippen LogP contribution in [0.25, 0.3) is 20.4 Å². The molecule has 148 valence electrons. The number of nitrogens with zero attached hydrogens (tertiary/aromatic N) is 3. The van der Waals surface area contributed by atoms with Crippen LogP contribution in [-0.2, 0) is 25.7 Å². The van der Waals surface area contributed by atoms with Gasteiger partial charge in [0.15, 0.2) is 0 Å². The Morgan fingerprint density at radius 1 is 1.00 bits per heavy atom. The minimum atomic E-state index is 1.02. The Kier molecular flexibility index (Phi) is 5.51. The molecule has 0 unspecified atom stereocenters. The quantitative estimate of drug-likeness (QED) is 0.267. The zero-order valence-electron chi connectivity index (χ0n) is 16.8. The summed E-state index contributed by atoms with van der Waals surface area (Å²) in [5.74, 6) is 1.02. The van der Waals surface area contributed by atoms with Crippen LogP contribution in [0.15, 0.2) is 41.7 Å². The molecule has 5 rings (SSSR count). The van der Waals surface area contributed by atoms with E-state index >= 15 is 0 Å². The third kappa shape index (κ3) is 3.66. The summed E-state index contributed by atoms with van der Waals surface area (Å²) in [6, 6.07) is 10.7. The molecule has 0 spiro atoms. The van der Waals surface area contributed by atoms with Gasteiger partial charge < -0.3 is 0 Å². The van der Waals surface area contributed by atoms with E-state index in [0.29, 0.717) is 0 Å². The lowest BCUT2D eigenvalue weighted by atomic mass is 9.88. The molecule has 0 fully saturated rings. The van der Waals surface area contributed by atoms with Crippen LogP contribution in [0.2, 0.25) is 0 Å². The maximum Gasteiger partial charge on any atom is 0.126 e. The van der Waals surface area contributed by atoms with E-state index in [2.05, 4.69) is 42.2 Å². The zero-order valence-corrected chi connectivity index (χ0v) is 18.4. The number of aromatic nitrogens is 3. The molecule has 29 heavy (non-hydrogen) atoms. The highest BCUT2D eigenvalue weighted by Crippen LogP contribution is 2.41. The number of rotatable bonds is 6. The maximum absolute atomic E-state index is 5.13. The molecule has 0 bridgehead atoms. The number of pyridine rings is 1. The summed E-state index contributed by atoms with van der Waals surface area (Å²) in [7, 11) is 0. The van der Waals surface area contributed by atoms with Gasteiger partial charge in [0.1, 0.15) is 16.2 Å². The smallest absolute Gasteiger partial charge is 0.126 e. The first-order valence-electron chi connectivity index (χ1n) is 10.6. The highest BCUT2D eigenvalue weighted by atomic mass is 32.2. The Balaban J connectivity index is 1.54. The number of aryl methyl sites for hydroxylation is 3. The fourth-order valence-corrected chi connectivity index (χ4v) is 6.62. The minimum Gasteiger partial charge on any atom is -0.242 e. The van der Waals surface area contributed by atoms with Crippen molar-refractivity contribution < 1.29 is 0 Å². The molecule has 3 nitrogen and oxygen atoms in total. The molecule has 0 atom stereocenters. The van der Waals surface area contributed by atoms with E-state index in [1.807, 2.05) is 11.8 Å². The Bertz CT molecular complexity index is 1150. The van der Waals surface area contributed by atoms with E-state index in [0.717, 1.165) is 46.8 Å². The van der Waals surface area contributed by atoms with Gasteiger partial charge in [0.2, 0.25) is 0 Å². The molecule has 5 heteroatoms. The lowest BCUT2D eigenvalue weighted by molar-refractivity contribution is 0.675. The van der Waals surface area contributed by atoms with Crippen LogP contribution in [-0.4, -0.2) is 20.7 Å². The van der Waals surface area contributed by atoms with Gasteiger partial charge in [-0.25, -0.2) is 15.0 Å². The van der Waals surface area contributed by atoms with Gasteiger partial charge >= 0.3 is 0 Å². The molecule has 0 saturated carbocycles. The van der Waals surface area contributed by atoms with Gasteiger partial charge in [-0.3, -0.25) is 0 Å². The largest absolute Gasteiger partial charge is 0.242 e. The van der Waals surface area contributed by atoms with Gasteiger partial charge in [-0.15, -0.1) is 23.1 Å². The summed E-state index contributed by atoms with van der Waals surface area (Å²) in [5, 5.41) is 2.42. The van der Waals surface area contributed by atoms with E-state index in [4.69, 9.17) is 9.97 Å². The first-order chi connectivity index (χ1) is 14.3. The van der Waals surface area contributed by atoms with Crippen LogP contribution in [0.1, 0.15) is 48.6 Å². The van der Waals surface area contributed by atoms with Crippen molar-refractivity contribution >= 4 is 43.5 Å². The van der Waals surface area contributed by atoms with E-state index in [1.54, 1.807) is 17.7 Å². The Morgan fingerprint density at radius 2 is 1.83 bits per heavy atom. The third-order valence-corrected chi connectivity index (χ3v) is 7.93. The van der Waals surface area contributed by atoms with Crippen molar-refractivity contribution in [3.8, 4) is 0 Å². The van der Waals surface area contributed by atoms with Crippen LogP contribution >= 0.6 is 23.1 Å². The lowest BCUT2D eigenvalue weighted by Gasteiger charge is -2.19. The number of thiophene rings is 1. The second kappa shape index (κ2) is 8.41. The number of fused-ring (bicyclic) bond motifs is 5. The summed E-state index contributed by atoms with van der Waals surface area (Å²) in [6.07, 6.45) is 9.93. The van der Waals surface area contributed by atoms with Gasteiger partial charge in [0.05, 0.1) is 10.2 Å². The van der Waals surface area contributed by atoms with Crippen molar-refractivity contribution in [2.45, 2.75) is 56.9 Å². The summed E-state index contributed by atoms with van der Waals surface area (Å²) >= 11 is 3.63. The number of thioether (sulfide) groups is 1. The Hall–Kier alpha value is -1.98. The lowest BCUT2D eigenvalue weighted by Crippen LogP contribution is -2.09. The average molecular weight is 420 g/mol. The molecular formula is C24H25N3S2. The second-order valence-corrected chi connectivity index (χ2v) is 9.78. The monoisotopic (exact) mass is 419 g/mol.